The van der Waals surface area contributed by atoms with Crippen molar-refractivity contribution in [2.75, 3.05) is 27.2 Å². The molecule has 1 aromatic heterocycles. The van der Waals surface area contributed by atoms with Crippen LogP contribution in [0.1, 0.15) is 18.5 Å². The Morgan fingerprint density at radius 2 is 2.11 bits per heavy atom. The third-order valence-corrected chi connectivity index (χ3v) is 3.09. The molecule has 0 fully saturated rings. The summed E-state index contributed by atoms with van der Waals surface area (Å²) in [6, 6.07) is 8.87. The van der Waals surface area contributed by atoms with Gasteiger partial charge in [0.1, 0.15) is 0 Å². The van der Waals surface area contributed by atoms with Crippen molar-refractivity contribution in [2.45, 2.75) is 13.0 Å². The molecule has 2 rings (SSSR count). The minimum Gasteiger partial charge on any atom is -0.309 e. The molecule has 1 aromatic carbocycles. The Labute approximate surface area is 109 Å². The maximum atomic E-state index is 4.25. The predicted octanol–water partition coefficient (Wildman–Crippen LogP) is 2.45. The first-order valence-corrected chi connectivity index (χ1v) is 6.43. The fraction of sp³-hybridized carbons (Fsp3) is 0.400. The summed E-state index contributed by atoms with van der Waals surface area (Å²) in [6.07, 6.45) is 3.81. The van der Waals surface area contributed by atoms with Crippen molar-refractivity contribution < 1.29 is 0 Å². The molecule has 3 nitrogen and oxygen atoms in total. The Morgan fingerprint density at radius 1 is 1.28 bits per heavy atom. The molecule has 0 bridgehead atoms. The maximum Gasteiger partial charge on any atom is 0.0455 e. The van der Waals surface area contributed by atoms with Crippen LogP contribution in [0.15, 0.2) is 36.7 Å². The van der Waals surface area contributed by atoms with Crippen LogP contribution < -0.4 is 5.32 Å². The smallest absolute Gasteiger partial charge is 0.0455 e. The van der Waals surface area contributed by atoms with Gasteiger partial charge in [-0.15, -0.1) is 0 Å². The topological polar surface area (TPSA) is 28.2 Å². The van der Waals surface area contributed by atoms with Gasteiger partial charge in [0.2, 0.25) is 0 Å². The van der Waals surface area contributed by atoms with E-state index < -0.39 is 0 Å². The number of benzene rings is 1. The van der Waals surface area contributed by atoms with Crippen molar-refractivity contribution >= 4 is 10.8 Å². The van der Waals surface area contributed by atoms with E-state index in [1.54, 1.807) is 0 Å². The number of likely N-dealkylation sites (N-methyl/N-ethyl adjacent to an activating group) is 2. The van der Waals surface area contributed by atoms with Gasteiger partial charge < -0.3 is 10.2 Å². The van der Waals surface area contributed by atoms with Crippen LogP contribution in [0.25, 0.3) is 10.8 Å². The lowest BCUT2D eigenvalue weighted by molar-refractivity contribution is 0.346. The van der Waals surface area contributed by atoms with Gasteiger partial charge in [-0.1, -0.05) is 25.1 Å². The third kappa shape index (κ3) is 2.86. The van der Waals surface area contributed by atoms with Gasteiger partial charge in [0.15, 0.2) is 0 Å². The quantitative estimate of drug-likeness (QED) is 0.874. The van der Waals surface area contributed by atoms with Crippen molar-refractivity contribution in [1.29, 1.82) is 0 Å². The first kappa shape index (κ1) is 13.0. The van der Waals surface area contributed by atoms with E-state index in [2.05, 4.69) is 60.5 Å². The van der Waals surface area contributed by atoms with Crippen LogP contribution in [0.4, 0.5) is 0 Å². The van der Waals surface area contributed by atoms with Crippen LogP contribution in [0.2, 0.25) is 0 Å². The van der Waals surface area contributed by atoms with Crippen LogP contribution in [0, 0.1) is 0 Å². The largest absolute Gasteiger partial charge is 0.309 e. The molecule has 0 spiro atoms. The fourth-order valence-electron chi connectivity index (χ4n) is 2.33. The SMILES string of the molecule is CCNC(CN(C)C)c1cccc2ccncc12. The number of aromatic nitrogens is 1. The number of rotatable bonds is 5. The van der Waals surface area contributed by atoms with Gasteiger partial charge in [-0.05, 0) is 37.7 Å². The van der Waals surface area contributed by atoms with E-state index >= 15 is 0 Å². The molecule has 0 amide bonds. The number of nitrogens with zero attached hydrogens (tertiary/aromatic N) is 2. The van der Waals surface area contributed by atoms with E-state index in [1.165, 1.54) is 16.3 Å². The molecule has 0 radical (unpaired) electrons. The predicted molar refractivity (Wildman–Crippen MR) is 76.7 cm³/mol. The van der Waals surface area contributed by atoms with Gasteiger partial charge in [-0.2, -0.15) is 0 Å². The second-order valence-corrected chi connectivity index (χ2v) is 4.82. The summed E-state index contributed by atoms with van der Waals surface area (Å²) >= 11 is 0. The van der Waals surface area contributed by atoms with E-state index in [0.29, 0.717) is 6.04 Å². The lowest BCUT2D eigenvalue weighted by Gasteiger charge is -2.23. The molecule has 0 saturated carbocycles. The van der Waals surface area contributed by atoms with E-state index in [0.717, 1.165) is 13.1 Å². The summed E-state index contributed by atoms with van der Waals surface area (Å²) in [4.78, 5) is 6.46. The Balaban J connectivity index is 2.43. The summed E-state index contributed by atoms with van der Waals surface area (Å²) in [7, 11) is 4.21. The van der Waals surface area contributed by atoms with Crippen molar-refractivity contribution in [2.24, 2.45) is 0 Å². The van der Waals surface area contributed by atoms with Crippen molar-refractivity contribution in [3.05, 3.63) is 42.2 Å². The van der Waals surface area contributed by atoms with Gasteiger partial charge in [0.25, 0.3) is 0 Å². The van der Waals surface area contributed by atoms with Gasteiger partial charge in [0, 0.05) is 30.4 Å². The Bertz CT molecular complexity index is 503. The molecule has 1 unspecified atom stereocenters. The van der Waals surface area contributed by atoms with Crippen molar-refractivity contribution in [3.8, 4) is 0 Å². The first-order chi connectivity index (χ1) is 8.72. The average molecular weight is 243 g/mol. The number of pyridine rings is 1. The second-order valence-electron chi connectivity index (χ2n) is 4.82. The Morgan fingerprint density at radius 3 is 2.83 bits per heavy atom. The maximum absolute atomic E-state index is 4.25. The lowest BCUT2D eigenvalue weighted by atomic mass is 10.00. The fourth-order valence-corrected chi connectivity index (χ4v) is 2.33. The molecule has 96 valence electrons. The highest BCUT2D eigenvalue weighted by molar-refractivity contribution is 5.85. The zero-order valence-corrected chi connectivity index (χ0v) is 11.4. The van der Waals surface area contributed by atoms with E-state index in [4.69, 9.17) is 0 Å². The summed E-state index contributed by atoms with van der Waals surface area (Å²) < 4.78 is 0. The molecule has 1 heterocycles. The summed E-state index contributed by atoms with van der Waals surface area (Å²) in [5.74, 6) is 0. The second kappa shape index (κ2) is 5.94. The third-order valence-electron chi connectivity index (χ3n) is 3.09. The zero-order valence-electron chi connectivity index (χ0n) is 11.4. The molecule has 0 aliphatic heterocycles. The van der Waals surface area contributed by atoms with Crippen LogP contribution in [0.5, 0.6) is 0 Å². The lowest BCUT2D eigenvalue weighted by Crippen LogP contribution is -2.31. The summed E-state index contributed by atoms with van der Waals surface area (Å²) in [5.41, 5.74) is 1.33. The molecular formula is C15H21N3. The number of nitrogens with one attached hydrogen (secondary N) is 1. The molecule has 0 saturated heterocycles. The zero-order chi connectivity index (χ0) is 13.0. The summed E-state index contributed by atoms with van der Waals surface area (Å²) in [6.45, 7) is 4.10. The molecule has 0 aliphatic carbocycles. The molecule has 0 aliphatic rings. The number of hydrogen-bond donors (Lipinski definition) is 1. The van der Waals surface area contributed by atoms with Crippen LogP contribution in [-0.4, -0.2) is 37.1 Å². The van der Waals surface area contributed by atoms with Crippen molar-refractivity contribution in [1.82, 2.24) is 15.2 Å². The van der Waals surface area contributed by atoms with Crippen LogP contribution in [0.3, 0.4) is 0 Å². The molecular weight excluding hydrogens is 222 g/mol. The minimum atomic E-state index is 0.345. The Hall–Kier alpha value is -1.45. The molecule has 1 N–H and O–H groups in total. The molecule has 1 atom stereocenters. The van der Waals surface area contributed by atoms with Gasteiger partial charge >= 0.3 is 0 Å². The van der Waals surface area contributed by atoms with Crippen LogP contribution >= 0.6 is 0 Å². The Kier molecular flexibility index (Phi) is 4.28. The average Bonchev–Trinajstić information content (AvgIpc) is 2.37. The molecule has 18 heavy (non-hydrogen) atoms. The van der Waals surface area contributed by atoms with Crippen molar-refractivity contribution in [3.63, 3.8) is 0 Å². The van der Waals surface area contributed by atoms with E-state index in [9.17, 15) is 0 Å². The minimum absolute atomic E-state index is 0.345. The van der Waals surface area contributed by atoms with E-state index in [-0.39, 0.29) is 0 Å². The highest BCUT2D eigenvalue weighted by Crippen LogP contribution is 2.23. The normalized spacial score (nSPS) is 13.1. The molecule has 3 heteroatoms. The number of hydrogen-bond acceptors (Lipinski definition) is 3. The highest BCUT2D eigenvalue weighted by atomic mass is 15.1. The first-order valence-electron chi connectivity index (χ1n) is 6.43. The highest BCUT2D eigenvalue weighted by Gasteiger charge is 2.13. The monoisotopic (exact) mass is 243 g/mol. The standard InChI is InChI=1S/C15H21N3/c1-4-17-15(11-18(2)3)13-7-5-6-12-8-9-16-10-14(12)13/h5-10,15,17H,4,11H2,1-3H3. The van der Waals surface area contributed by atoms with E-state index in [1.807, 2.05) is 12.4 Å². The van der Waals surface area contributed by atoms with Gasteiger partial charge in [0.05, 0.1) is 0 Å². The molecule has 2 aromatic rings. The van der Waals surface area contributed by atoms with Crippen LogP contribution in [-0.2, 0) is 0 Å². The summed E-state index contributed by atoms with van der Waals surface area (Å²) in [5, 5.41) is 6.05. The van der Waals surface area contributed by atoms with Gasteiger partial charge in [-0.3, -0.25) is 4.98 Å². The van der Waals surface area contributed by atoms with Gasteiger partial charge in [-0.25, -0.2) is 0 Å². The number of fused-ring (bicyclic) bond motifs is 1.